The maximum Gasteiger partial charge on any atom is 0.327 e. The first-order chi connectivity index (χ1) is 7.50. The van der Waals surface area contributed by atoms with Gasteiger partial charge in [-0.1, -0.05) is 11.8 Å². The Balaban J connectivity index is 2.53. The first kappa shape index (κ1) is 12.5. The largest absolute Gasteiger partial charge is 0.480 e. The highest BCUT2D eigenvalue weighted by molar-refractivity contribution is 7.99. The van der Waals surface area contributed by atoms with Crippen LogP contribution in [0.3, 0.4) is 0 Å². The topological polar surface area (TPSA) is 97.1 Å². The fourth-order valence-electron chi connectivity index (χ4n) is 0.994. The molecule has 2 N–H and O–H groups in total. The third-order valence-corrected chi connectivity index (χ3v) is 2.85. The molecule has 1 amide bonds. The Morgan fingerprint density at radius 1 is 1.69 bits per heavy atom. The maximum absolute atomic E-state index is 10.8. The number of amides is 1. The molecule has 8 heteroatoms. The minimum Gasteiger partial charge on any atom is -0.480 e. The summed E-state index contributed by atoms with van der Waals surface area (Å²) in [6.45, 7) is 1.28. The van der Waals surface area contributed by atoms with Gasteiger partial charge in [-0.15, -0.1) is 0 Å². The third-order valence-electron chi connectivity index (χ3n) is 1.72. The van der Waals surface area contributed by atoms with E-state index in [1.807, 2.05) is 0 Å². The number of thioether (sulfide) groups is 1. The predicted octanol–water partition coefficient (Wildman–Crippen LogP) is -0.504. The van der Waals surface area contributed by atoms with E-state index in [1.54, 1.807) is 7.05 Å². The Bertz CT molecular complexity index is 392. The minimum absolute atomic E-state index is 0.210. The van der Waals surface area contributed by atoms with E-state index in [0.29, 0.717) is 5.16 Å². The van der Waals surface area contributed by atoms with Crippen LogP contribution in [0, 0.1) is 0 Å². The summed E-state index contributed by atoms with van der Waals surface area (Å²) in [6, 6.07) is -0.917. The van der Waals surface area contributed by atoms with E-state index in [9.17, 15) is 9.59 Å². The SMILES string of the molecule is CC(=O)NC(CSc1ncnn1C)C(=O)O. The summed E-state index contributed by atoms with van der Waals surface area (Å²) in [4.78, 5) is 25.5. The predicted molar refractivity (Wildman–Crippen MR) is 57.0 cm³/mol. The fraction of sp³-hybridized carbons (Fsp3) is 0.500. The molecule has 0 spiro atoms. The molecule has 0 aromatic carbocycles. The first-order valence-corrected chi connectivity index (χ1v) is 5.46. The molecule has 1 aromatic rings. The van der Waals surface area contributed by atoms with Gasteiger partial charge < -0.3 is 10.4 Å². The van der Waals surface area contributed by atoms with Crippen molar-refractivity contribution in [2.45, 2.75) is 18.1 Å². The Morgan fingerprint density at radius 3 is 2.81 bits per heavy atom. The van der Waals surface area contributed by atoms with Crippen LogP contribution in [0.25, 0.3) is 0 Å². The number of hydrogen-bond donors (Lipinski definition) is 2. The highest BCUT2D eigenvalue weighted by Gasteiger charge is 2.19. The second kappa shape index (κ2) is 5.50. The van der Waals surface area contributed by atoms with Gasteiger partial charge in [0.2, 0.25) is 5.91 Å². The number of nitrogens with zero attached hydrogens (tertiary/aromatic N) is 3. The summed E-state index contributed by atoms with van der Waals surface area (Å²) in [7, 11) is 1.71. The monoisotopic (exact) mass is 244 g/mol. The zero-order chi connectivity index (χ0) is 12.1. The van der Waals surface area contributed by atoms with Gasteiger partial charge in [0.1, 0.15) is 12.4 Å². The van der Waals surface area contributed by atoms with Crippen molar-refractivity contribution in [2.75, 3.05) is 5.75 Å². The maximum atomic E-state index is 10.8. The van der Waals surface area contributed by atoms with E-state index in [-0.39, 0.29) is 11.7 Å². The molecule has 1 atom stereocenters. The Labute approximate surface area is 96.2 Å². The van der Waals surface area contributed by atoms with Crippen LogP contribution >= 0.6 is 11.8 Å². The summed E-state index contributed by atoms with van der Waals surface area (Å²) >= 11 is 1.23. The lowest BCUT2D eigenvalue weighted by molar-refractivity contribution is -0.140. The molecule has 88 valence electrons. The number of nitrogens with one attached hydrogen (secondary N) is 1. The number of rotatable bonds is 5. The molecule has 0 aliphatic carbocycles. The molecule has 1 aromatic heterocycles. The Morgan fingerprint density at radius 2 is 2.38 bits per heavy atom. The van der Waals surface area contributed by atoms with E-state index in [4.69, 9.17) is 5.11 Å². The summed E-state index contributed by atoms with van der Waals surface area (Å²) in [5, 5.41) is 15.7. The standard InChI is InChI=1S/C8H12N4O3S/c1-5(13)11-6(7(14)15)3-16-8-9-4-10-12(8)2/h4,6H,3H2,1-2H3,(H,11,13)(H,14,15). The number of carbonyl (C=O) groups excluding carboxylic acids is 1. The molecular weight excluding hydrogens is 232 g/mol. The number of carboxylic acids is 1. The molecule has 0 aliphatic rings. The molecule has 0 bridgehead atoms. The minimum atomic E-state index is -1.06. The van der Waals surface area contributed by atoms with E-state index >= 15 is 0 Å². The van der Waals surface area contributed by atoms with Crippen LogP contribution in [-0.2, 0) is 16.6 Å². The van der Waals surface area contributed by atoms with Crippen molar-refractivity contribution < 1.29 is 14.7 Å². The molecule has 0 saturated carbocycles. The number of carboxylic acid groups (broad SMARTS) is 1. The van der Waals surface area contributed by atoms with Gasteiger partial charge in [0, 0.05) is 19.7 Å². The van der Waals surface area contributed by atoms with Crippen molar-refractivity contribution in [1.82, 2.24) is 20.1 Å². The Hall–Kier alpha value is -1.57. The zero-order valence-electron chi connectivity index (χ0n) is 8.88. The smallest absolute Gasteiger partial charge is 0.327 e. The van der Waals surface area contributed by atoms with Crippen LogP contribution in [0.1, 0.15) is 6.92 Å². The normalized spacial score (nSPS) is 12.1. The van der Waals surface area contributed by atoms with Gasteiger partial charge in [0.25, 0.3) is 0 Å². The quantitative estimate of drug-likeness (QED) is 0.677. The molecular formula is C8H12N4O3S. The van der Waals surface area contributed by atoms with Crippen LogP contribution in [0.4, 0.5) is 0 Å². The van der Waals surface area contributed by atoms with Crippen LogP contribution in [0.15, 0.2) is 11.5 Å². The Kier molecular flexibility index (Phi) is 4.29. The molecule has 16 heavy (non-hydrogen) atoms. The first-order valence-electron chi connectivity index (χ1n) is 4.47. The number of carbonyl (C=O) groups is 2. The molecule has 0 fully saturated rings. The molecule has 1 rings (SSSR count). The number of aryl methyl sites for hydroxylation is 1. The van der Waals surface area contributed by atoms with Gasteiger partial charge in [-0.3, -0.25) is 4.79 Å². The molecule has 0 radical (unpaired) electrons. The van der Waals surface area contributed by atoms with Gasteiger partial charge in [-0.05, 0) is 0 Å². The summed E-state index contributed by atoms with van der Waals surface area (Å²) in [5.74, 6) is -1.22. The molecule has 1 heterocycles. The van der Waals surface area contributed by atoms with Crippen molar-refractivity contribution in [3.05, 3.63) is 6.33 Å². The highest BCUT2D eigenvalue weighted by Crippen LogP contribution is 2.14. The van der Waals surface area contributed by atoms with Gasteiger partial charge >= 0.3 is 5.97 Å². The lowest BCUT2D eigenvalue weighted by Crippen LogP contribution is -2.41. The van der Waals surface area contributed by atoms with Crippen molar-refractivity contribution in [3.8, 4) is 0 Å². The summed E-state index contributed by atoms with van der Waals surface area (Å²) in [6.07, 6.45) is 1.39. The lowest BCUT2D eigenvalue weighted by atomic mass is 10.3. The van der Waals surface area contributed by atoms with Crippen LogP contribution in [0.5, 0.6) is 0 Å². The number of hydrogen-bond acceptors (Lipinski definition) is 5. The van der Waals surface area contributed by atoms with Gasteiger partial charge in [-0.2, -0.15) is 5.10 Å². The fourth-order valence-corrected chi connectivity index (χ4v) is 1.89. The second-order valence-electron chi connectivity index (χ2n) is 3.07. The van der Waals surface area contributed by atoms with Gasteiger partial charge in [0.15, 0.2) is 5.16 Å². The highest BCUT2D eigenvalue weighted by atomic mass is 32.2. The number of aliphatic carboxylic acids is 1. The van der Waals surface area contributed by atoms with E-state index in [1.165, 1.54) is 29.7 Å². The van der Waals surface area contributed by atoms with Crippen LogP contribution in [0.2, 0.25) is 0 Å². The second-order valence-corrected chi connectivity index (χ2v) is 4.06. The zero-order valence-corrected chi connectivity index (χ0v) is 9.69. The van der Waals surface area contributed by atoms with Gasteiger partial charge in [0.05, 0.1) is 0 Å². The van der Waals surface area contributed by atoms with E-state index in [0.717, 1.165) is 0 Å². The van der Waals surface area contributed by atoms with E-state index in [2.05, 4.69) is 15.4 Å². The molecule has 0 aliphatic heterocycles. The third kappa shape index (κ3) is 3.54. The summed E-state index contributed by atoms with van der Waals surface area (Å²) < 4.78 is 1.54. The van der Waals surface area contributed by atoms with Crippen molar-refractivity contribution in [2.24, 2.45) is 7.05 Å². The molecule has 1 unspecified atom stereocenters. The van der Waals surface area contributed by atoms with E-state index < -0.39 is 12.0 Å². The average Bonchev–Trinajstić information content (AvgIpc) is 2.57. The molecule has 0 saturated heterocycles. The van der Waals surface area contributed by atoms with Crippen LogP contribution in [-0.4, -0.2) is 43.5 Å². The average molecular weight is 244 g/mol. The van der Waals surface area contributed by atoms with Crippen molar-refractivity contribution in [1.29, 1.82) is 0 Å². The van der Waals surface area contributed by atoms with Crippen molar-refractivity contribution in [3.63, 3.8) is 0 Å². The lowest BCUT2D eigenvalue weighted by Gasteiger charge is -2.11. The molecule has 7 nitrogen and oxygen atoms in total. The van der Waals surface area contributed by atoms with Gasteiger partial charge in [-0.25, -0.2) is 14.5 Å². The number of aromatic nitrogens is 3. The van der Waals surface area contributed by atoms with Crippen molar-refractivity contribution >= 4 is 23.6 Å². The summed E-state index contributed by atoms with van der Waals surface area (Å²) in [5.41, 5.74) is 0. The van der Waals surface area contributed by atoms with Crippen LogP contribution < -0.4 is 5.32 Å².